The molecule has 0 unspecified atom stereocenters. The Kier molecular flexibility index (Phi) is 7.30. The summed E-state index contributed by atoms with van der Waals surface area (Å²) in [5, 5.41) is 3.05. The molecule has 5 heteroatoms. The first kappa shape index (κ1) is 16.7. The molecule has 114 valence electrons. The molecule has 0 saturated heterocycles. The zero-order valence-corrected chi connectivity index (χ0v) is 13.1. The molecule has 5 nitrogen and oxygen atoms in total. The molecule has 0 amide bonds. The highest BCUT2D eigenvalue weighted by atomic mass is 16.5. The molecule has 1 aromatic rings. The van der Waals surface area contributed by atoms with E-state index in [4.69, 9.17) is 4.74 Å². The van der Waals surface area contributed by atoms with Crippen molar-refractivity contribution >= 4 is 5.82 Å². The molecule has 0 aliphatic heterocycles. The van der Waals surface area contributed by atoms with Gasteiger partial charge in [0.1, 0.15) is 0 Å². The maximum Gasteiger partial charge on any atom is 0.293 e. The predicted octanol–water partition coefficient (Wildman–Crippen LogP) is 2.37. The van der Waals surface area contributed by atoms with E-state index in [9.17, 15) is 4.79 Å². The molecule has 0 aliphatic rings. The molecular formula is C15H27N3O2. The standard InChI is InChI=1S/C15H27N3O2/c1-12(2)5-9-20-10-7-17-14-15(19)18(8-6-16-14)11-13(3)4/h6,8,12-13H,5,7,9-11H2,1-4H3,(H,16,17). The van der Waals surface area contributed by atoms with Gasteiger partial charge in [0.2, 0.25) is 0 Å². The smallest absolute Gasteiger partial charge is 0.293 e. The van der Waals surface area contributed by atoms with Gasteiger partial charge in [-0.1, -0.05) is 27.7 Å². The second-order valence-corrected chi connectivity index (χ2v) is 5.85. The normalized spacial score (nSPS) is 11.3. The summed E-state index contributed by atoms with van der Waals surface area (Å²) in [6.45, 7) is 11.2. The van der Waals surface area contributed by atoms with Gasteiger partial charge in [-0.2, -0.15) is 0 Å². The summed E-state index contributed by atoms with van der Waals surface area (Å²) in [5.74, 6) is 1.49. The highest BCUT2D eigenvalue weighted by Crippen LogP contribution is 2.00. The van der Waals surface area contributed by atoms with E-state index in [1.165, 1.54) is 0 Å². The van der Waals surface area contributed by atoms with Crippen LogP contribution in [-0.2, 0) is 11.3 Å². The minimum absolute atomic E-state index is 0.0663. The van der Waals surface area contributed by atoms with Crippen molar-refractivity contribution in [3.8, 4) is 0 Å². The Morgan fingerprint density at radius 3 is 2.65 bits per heavy atom. The average molecular weight is 281 g/mol. The molecule has 20 heavy (non-hydrogen) atoms. The monoisotopic (exact) mass is 281 g/mol. The fraction of sp³-hybridized carbons (Fsp3) is 0.733. The summed E-state index contributed by atoms with van der Waals surface area (Å²) >= 11 is 0. The molecule has 0 radical (unpaired) electrons. The van der Waals surface area contributed by atoms with Gasteiger partial charge in [-0.3, -0.25) is 4.79 Å². The summed E-state index contributed by atoms with van der Waals surface area (Å²) in [4.78, 5) is 16.2. The van der Waals surface area contributed by atoms with Gasteiger partial charge in [0.25, 0.3) is 5.56 Å². The van der Waals surface area contributed by atoms with Crippen LogP contribution < -0.4 is 10.9 Å². The quantitative estimate of drug-likeness (QED) is 0.706. The number of ether oxygens (including phenoxy) is 1. The first-order valence-electron chi connectivity index (χ1n) is 7.37. The van der Waals surface area contributed by atoms with Crippen molar-refractivity contribution in [3.05, 3.63) is 22.7 Å². The highest BCUT2D eigenvalue weighted by Gasteiger charge is 2.05. The minimum atomic E-state index is -0.0663. The maximum absolute atomic E-state index is 12.1. The lowest BCUT2D eigenvalue weighted by molar-refractivity contribution is 0.132. The molecule has 0 aliphatic carbocycles. The zero-order valence-electron chi connectivity index (χ0n) is 13.1. The molecule has 0 atom stereocenters. The molecule has 0 spiro atoms. The highest BCUT2D eigenvalue weighted by molar-refractivity contribution is 5.30. The molecule has 0 fully saturated rings. The molecular weight excluding hydrogens is 254 g/mol. The van der Waals surface area contributed by atoms with E-state index in [1.54, 1.807) is 17.0 Å². The van der Waals surface area contributed by atoms with Gasteiger partial charge >= 0.3 is 0 Å². The lowest BCUT2D eigenvalue weighted by atomic mass is 10.1. The number of nitrogens with zero attached hydrogens (tertiary/aromatic N) is 2. The van der Waals surface area contributed by atoms with Crippen LogP contribution in [0.15, 0.2) is 17.2 Å². The van der Waals surface area contributed by atoms with Crippen molar-refractivity contribution < 1.29 is 4.74 Å². The third kappa shape index (κ3) is 6.19. The molecule has 1 heterocycles. The molecule has 1 N–H and O–H groups in total. The van der Waals surface area contributed by atoms with Gasteiger partial charge in [0.15, 0.2) is 5.82 Å². The average Bonchev–Trinajstić information content (AvgIpc) is 2.36. The Hall–Kier alpha value is -1.36. The van der Waals surface area contributed by atoms with E-state index < -0.39 is 0 Å². The van der Waals surface area contributed by atoms with Crippen molar-refractivity contribution in [2.45, 2.75) is 40.7 Å². The molecule has 0 aromatic carbocycles. The van der Waals surface area contributed by atoms with Crippen LogP contribution in [0.2, 0.25) is 0 Å². The Morgan fingerprint density at radius 2 is 2.00 bits per heavy atom. The lowest BCUT2D eigenvalue weighted by Crippen LogP contribution is -2.27. The van der Waals surface area contributed by atoms with Crippen molar-refractivity contribution in [2.75, 3.05) is 25.1 Å². The third-order valence-corrected chi connectivity index (χ3v) is 2.85. The Morgan fingerprint density at radius 1 is 1.25 bits per heavy atom. The first-order chi connectivity index (χ1) is 9.50. The van der Waals surface area contributed by atoms with Crippen LogP contribution in [0.1, 0.15) is 34.1 Å². The number of nitrogens with one attached hydrogen (secondary N) is 1. The van der Waals surface area contributed by atoms with Gasteiger partial charge in [0, 0.05) is 32.1 Å². The largest absolute Gasteiger partial charge is 0.380 e. The summed E-state index contributed by atoms with van der Waals surface area (Å²) in [7, 11) is 0. The van der Waals surface area contributed by atoms with E-state index in [0.29, 0.717) is 37.4 Å². The van der Waals surface area contributed by atoms with E-state index in [-0.39, 0.29) is 5.56 Å². The van der Waals surface area contributed by atoms with Gasteiger partial charge < -0.3 is 14.6 Å². The topological polar surface area (TPSA) is 56.1 Å². The van der Waals surface area contributed by atoms with Crippen LogP contribution in [0.3, 0.4) is 0 Å². The number of rotatable bonds is 9. The Balaban J connectivity index is 2.39. The van der Waals surface area contributed by atoms with Crippen LogP contribution >= 0.6 is 0 Å². The van der Waals surface area contributed by atoms with E-state index >= 15 is 0 Å². The Labute approximate surface area is 121 Å². The van der Waals surface area contributed by atoms with Crippen molar-refractivity contribution in [3.63, 3.8) is 0 Å². The van der Waals surface area contributed by atoms with Crippen molar-refractivity contribution in [1.82, 2.24) is 9.55 Å². The summed E-state index contributed by atoms with van der Waals surface area (Å²) in [6.07, 6.45) is 4.45. The van der Waals surface area contributed by atoms with Crippen LogP contribution in [0.25, 0.3) is 0 Å². The number of aromatic nitrogens is 2. The molecule has 0 saturated carbocycles. The second kappa shape index (κ2) is 8.74. The van der Waals surface area contributed by atoms with E-state index in [0.717, 1.165) is 13.0 Å². The predicted molar refractivity (Wildman–Crippen MR) is 82.1 cm³/mol. The fourth-order valence-electron chi connectivity index (χ4n) is 1.77. The van der Waals surface area contributed by atoms with Crippen LogP contribution in [0.4, 0.5) is 5.82 Å². The maximum atomic E-state index is 12.1. The number of hydrogen-bond acceptors (Lipinski definition) is 4. The zero-order chi connectivity index (χ0) is 15.0. The number of anilines is 1. The van der Waals surface area contributed by atoms with Gasteiger partial charge in [-0.25, -0.2) is 4.98 Å². The lowest BCUT2D eigenvalue weighted by Gasteiger charge is -2.11. The fourth-order valence-corrected chi connectivity index (χ4v) is 1.77. The molecule has 0 bridgehead atoms. The summed E-state index contributed by atoms with van der Waals surface area (Å²) in [5.41, 5.74) is -0.0663. The van der Waals surface area contributed by atoms with Crippen LogP contribution in [0.5, 0.6) is 0 Å². The SMILES string of the molecule is CC(C)CCOCCNc1nccn(CC(C)C)c1=O. The second-order valence-electron chi connectivity index (χ2n) is 5.85. The van der Waals surface area contributed by atoms with Gasteiger partial charge in [0.05, 0.1) is 6.61 Å². The summed E-state index contributed by atoms with van der Waals surface area (Å²) in [6, 6.07) is 0. The number of hydrogen-bond donors (Lipinski definition) is 1. The van der Waals surface area contributed by atoms with Gasteiger partial charge in [-0.05, 0) is 18.3 Å². The van der Waals surface area contributed by atoms with Crippen molar-refractivity contribution in [2.24, 2.45) is 11.8 Å². The first-order valence-corrected chi connectivity index (χ1v) is 7.37. The van der Waals surface area contributed by atoms with Crippen LogP contribution in [-0.4, -0.2) is 29.3 Å². The van der Waals surface area contributed by atoms with Crippen molar-refractivity contribution in [1.29, 1.82) is 0 Å². The Bertz CT molecular complexity index is 441. The third-order valence-electron chi connectivity index (χ3n) is 2.85. The van der Waals surface area contributed by atoms with Crippen LogP contribution in [0, 0.1) is 11.8 Å². The molecule has 1 aromatic heterocycles. The van der Waals surface area contributed by atoms with E-state index in [1.807, 2.05) is 0 Å². The van der Waals surface area contributed by atoms with E-state index in [2.05, 4.69) is 38.0 Å². The minimum Gasteiger partial charge on any atom is -0.380 e. The molecule has 1 rings (SSSR count). The summed E-state index contributed by atoms with van der Waals surface area (Å²) < 4.78 is 7.20. The van der Waals surface area contributed by atoms with Gasteiger partial charge in [-0.15, -0.1) is 0 Å².